The lowest BCUT2D eigenvalue weighted by atomic mass is 10.1. The van der Waals surface area contributed by atoms with Gasteiger partial charge in [0.25, 0.3) is 5.91 Å². The first-order chi connectivity index (χ1) is 19.5. The van der Waals surface area contributed by atoms with E-state index in [4.69, 9.17) is 0 Å². The number of hydrogen-bond donors (Lipinski definition) is 4. The van der Waals surface area contributed by atoms with Crippen LogP contribution < -0.4 is 20.7 Å². The lowest BCUT2D eigenvalue weighted by Gasteiger charge is -2.16. The third-order valence-electron chi connectivity index (χ3n) is 5.74. The van der Waals surface area contributed by atoms with Gasteiger partial charge in [0.2, 0.25) is 16.0 Å². The Balaban J connectivity index is 1.52. The van der Waals surface area contributed by atoms with E-state index in [0.29, 0.717) is 29.6 Å². The molecule has 0 atom stereocenters. The number of anilines is 4. The lowest BCUT2D eigenvalue weighted by molar-refractivity contribution is -0.137. The van der Waals surface area contributed by atoms with E-state index in [9.17, 15) is 26.4 Å². The number of hydrogen-bond acceptors (Lipinski definition) is 8. The molecule has 0 aliphatic carbocycles. The summed E-state index contributed by atoms with van der Waals surface area (Å²) < 4.78 is 67.5. The van der Waals surface area contributed by atoms with Crippen LogP contribution in [0.25, 0.3) is 0 Å². The molecule has 14 heteroatoms. The van der Waals surface area contributed by atoms with Crippen LogP contribution in [0.15, 0.2) is 79.1 Å². The summed E-state index contributed by atoms with van der Waals surface area (Å²) in [4.78, 5) is 24.4. The molecule has 0 unspecified atom stereocenters. The lowest BCUT2D eigenvalue weighted by Crippen LogP contribution is -2.22. The first-order valence-corrected chi connectivity index (χ1v) is 14.0. The summed E-state index contributed by atoms with van der Waals surface area (Å²) >= 11 is 0. The molecule has 4 aromatic rings. The van der Waals surface area contributed by atoms with Gasteiger partial charge < -0.3 is 16.0 Å². The normalized spacial score (nSPS) is 11.5. The summed E-state index contributed by atoms with van der Waals surface area (Å²) in [5.41, 5.74) is 0.826. The molecule has 0 aliphatic rings. The van der Waals surface area contributed by atoms with Crippen LogP contribution in [0, 0.1) is 0 Å². The Morgan fingerprint density at radius 2 is 1.71 bits per heavy atom. The minimum Gasteiger partial charge on any atom is -0.365 e. The summed E-state index contributed by atoms with van der Waals surface area (Å²) in [6.07, 6.45) is -2.77. The largest absolute Gasteiger partial charge is 0.421 e. The van der Waals surface area contributed by atoms with Gasteiger partial charge in [-0.05, 0) is 36.8 Å². The van der Waals surface area contributed by atoms with Gasteiger partial charge in [-0.1, -0.05) is 42.5 Å². The number of nitrogens with zero attached hydrogens (tertiary/aromatic N) is 3. The number of carbonyl (C=O) groups is 1. The van der Waals surface area contributed by atoms with Gasteiger partial charge in [0.1, 0.15) is 17.2 Å². The second kappa shape index (κ2) is 12.6. The SMILES string of the molecule is CCS(=O)(=O)Nc1ncccc1CNc1nc(Nc2cccc(C(=O)NCc3ccccc3)c2)ncc1C(F)(F)F. The first kappa shape index (κ1) is 29.3. The van der Waals surface area contributed by atoms with Crippen molar-refractivity contribution in [3.63, 3.8) is 0 Å². The van der Waals surface area contributed by atoms with Crippen LogP contribution in [0.2, 0.25) is 0 Å². The molecule has 4 N–H and O–H groups in total. The van der Waals surface area contributed by atoms with Crippen LogP contribution in [0.4, 0.5) is 36.4 Å². The third-order valence-corrected chi connectivity index (χ3v) is 7.01. The van der Waals surface area contributed by atoms with Gasteiger partial charge >= 0.3 is 6.18 Å². The fraction of sp³-hybridized carbons (Fsp3) is 0.185. The average Bonchev–Trinajstić information content (AvgIpc) is 2.95. The summed E-state index contributed by atoms with van der Waals surface area (Å²) in [7, 11) is -3.66. The van der Waals surface area contributed by atoms with E-state index in [1.165, 1.54) is 31.3 Å². The molecule has 0 spiro atoms. The van der Waals surface area contributed by atoms with Crippen molar-refractivity contribution < 1.29 is 26.4 Å². The van der Waals surface area contributed by atoms with Gasteiger partial charge in [-0.15, -0.1) is 0 Å². The van der Waals surface area contributed by atoms with Crippen molar-refractivity contribution in [2.24, 2.45) is 0 Å². The van der Waals surface area contributed by atoms with Crippen LogP contribution in [0.3, 0.4) is 0 Å². The number of aromatic nitrogens is 3. The summed E-state index contributed by atoms with van der Waals surface area (Å²) in [5, 5.41) is 8.26. The number of nitrogens with one attached hydrogen (secondary N) is 4. The number of pyridine rings is 1. The van der Waals surface area contributed by atoms with Crippen LogP contribution in [-0.2, 0) is 29.3 Å². The topological polar surface area (TPSA) is 138 Å². The Morgan fingerprint density at radius 1 is 0.927 bits per heavy atom. The van der Waals surface area contributed by atoms with Crippen molar-refractivity contribution in [1.29, 1.82) is 0 Å². The van der Waals surface area contributed by atoms with Crippen molar-refractivity contribution in [2.75, 3.05) is 21.1 Å². The minimum atomic E-state index is -4.76. The predicted molar refractivity (Wildman–Crippen MR) is 149 cm³/mol. The maximum absolute atomic E-state index is 13.7. The Bertz CT molecular complexity index is 1620. The fourth-order valence-corrected chi connectivity index (χ4v) is 4.23. The number of amides is 1. The number of alkyl halides is 3. The molecule has 1 amide bonds. The molecular formula is C27H26F3N7O3S. The van der Waals surface area contributed by atoms with Crippen molar-refractivity contribution >= 4 is 39.2 Å². The molecule has 0 bridgehead atoms. The average molecular weight is 586 g/mol. The molecule has 41 heavy (non-hydrogen) atoms. The quantitative estimate of drug-likeness (QED) is 0.194. The van der Waals surface area contributed by atoms with E-state index in [1.807, 2.05) is 30.3 Å². The van der Waals surface area contributed by atoms with Crippen LogP contribution >= 0.6 is 0 Å². The Labute approximate surface area is 234 Å². The van der Waals surface area contributed by atoms with Crippen molar-refractivity contribution in [1.82, 2.24) is 20.3 Å². The molecule has 2 aromatic carbocycles. The number of rotatable bonds is 11. The van der Waals surface area contributed by atoms with E-state index in [0.717, 1.165) is 5.56 Å². The number of halogens is 3. The van der Waals surface area contributed by atoms with E-state index in [1.54, 1.807) is 18.2 Å². The van der Waals surface area contributed by atoms with Gasteiger partial charge in [-0.2, -0.15) is 18.2 Å². The zero-order chi connectivity index (χ0) is 29.5. The molecule has 0 aliphatic heterocycles. The van der Waals surface area contributed by atoms with E-state index >= 15 is 0 Å². The number of carbonyl (C=O) groups excluding carboxylic acids is 1. The summed E-state index contributed by atoms with van der Waals surface area (Å²) in [5.74, 6) is -1.23. The Morgan fingerprint density at radius 3 is 2.44 bits per heavy atom. The standard InChI is InChI=1S/C27H26F3N7O3S/c1-2-41(39,40)37-23-20(11-7-13-31-23)16-32-24-22(27(28,29)30)17-34-26(36-24)35-21-12-6-10-19(14-21)25(38)33-15-18-8-4-3-5-9-18/h3-14,17H,2,15-16H2,1H3,(H,31,37)(H,33,38)(H2,32,34,35,36). The minimum absolute atomic E-state index is 0.00910. The molecule has 214 valence electrons. The molecule has 0 saturated carbocycles. The van der Waals surface area contributed by atoms with Crippen molar-refractivity contribution in [3.05, 3.63) is 101 Å². The van der Waals surface area contributed by atoms with Gasteiger partial charge in [-0.3, -0.25) is 9.52 Å². The molecule has 2 aromatic heterocycles. The van der Waals surface area contributed by atoms with Gasteiger partial charge in [0.15, 0.2) is 0 Å². The van der Waals surface area contributed by atoms with Crippen LogP contribution in [0.5, 0.6) is 0 Å². The van der Waals surface area contributed by atoms with Gasteiger partial charge in [0.05, 0.1) is 5.75 Å². The zero-order valence-electron chi connectivity index (χ0n) is 21.7. The second-order valence-corrected chi connectivity index (χ2v) is 10.7. The van der Waals surface area contributed by atoms with Gasteiger partial charge in [-0.25, -0.2) is 18.4 Å². The summed E-state index contributed by atoms with van der Waals surface area (Å²) in [6, 6.07) is 18.8. The highest BCUT2D eigenvalue weighted by Crippen LogP contribution is 2.34. The van der Waals surface area contributed by atoms with Gasteiger partial charge in [0, 0.05) is 42.3 Å². The Kier molecular flexibility index (Phi) is 9.02. The smallest absolute Gasteiger partial charge is 0.365 e. The highest BCUT2D eigenvalue weighted by atomic mass is 32.2. The molecule has 0 fully saturated rings. The second-order valence-electron chi connectivity index (χ2n) is 8.70. The van der Waals surface area contributed by atoms with Crippen molar-refractivity contribution in [2.45, 2.75) is 26.2 Å². The number of sulfonamides is 1. The molecular weight excluding hydrogens is 559 g/mol. The molecule has 4 rings (SSSR count). The zero-order valence-corrected chi connectivity index (χ0v) is 22.6. The van der Waals surface area contributed by atoms with E-state index in [2.05, 4.69) is 35.6 Å². The molecule has 0 radical (unpaired) electrons. The highest BCUT2D eigenvalue weighted by Gasteiger charge is 2.35. The number of benzene rings is 2. The molecule has 2 heterocycles. The fourth-order valence-electron chi connectivity index (χ4n) is 3.60. The van der Waals surface area contributed by atoms with E-state index < -0.39 is 27.6 Å². The monoisotopic (exact) mass is 585 g/mol. The van der Waals surface area contributed by atoms with Crippen LogP contribution in [0.1, 0.15) is 34.0 Å². The highest BCUT2D eigenvalue weighted by molar-refractivity contribution is 7.92. The maximum atomic E-state index is 13.7. The van der Waals surface area contributed by atoms with E-state index in [-0.39, 0.29) is 30.0 Å². The Hall–Kier alpha value is -4.72. The first-order valence-electron chi connectivity index (χ1n) is 12.4. The third kappa shape index (κ3) is 8.14. The molecule has 10 nitrogen and oxygen atoms in total. The van der Waals surface area contributed by atoms with Crippen LogP contribution in [-0.4, -0.2) is 35.0 Å². The molecule has 0 saturated heterocycles. The predicted octanol–water partition coefficient (Wildman–Crippen LogP) is 4.94. The maximum Gasteiger partial charge on any atom is 0.421 e. The summed E-state index contributed by atoms with van der Waals surface area (Å²) in [6.45, 7) is 1.56. The van der Waals surface area contributed by atoms with Crippen molar-refractivity contribution in [3.8, 4) is 0 Å².